The fraction of sp³-hybridized carbons (Fsp3) is 0.511. The molecular formula is C94H119N25O20. The summed E-state index contributed by atoms with van der Waals surface area (Å²) in [4.78, 5) is 234. The summed E-state index contributed by atoms with van der Waals surface area (Å²) in [5.74, 6) is -5.22. The molecule has 11 amide bonds. The number of anilines is 2. The molecule has 4 aromatic carbocycles. The minimum Gasteiger partial charge on any atom is -0.511 e. The number of ether oxygens (including phenoxy) is 1. The van der Waals surface area contributed by atoms with E-state index in [0.717, 1.165) is 56.9 Å². The molecule has 9 aliphatic heterocycles. The van der Waals surface area contributed by atoms with Crippen LogP contribution in [0.5, 0.6) is 0 Å². The van der Waals surface area contributed by atoms with Gasteiger partial charge in [-0.1, -0.05) is 88.1 Å². The van der Waals surface area contributed by atoms with Crippen molar-refractivity contribution >= 4 is 118 Å². The monoisotopic (exact) mass is 1920 g/mol. The zero-order chi connectivity index (χ0) is 99.9. The lowest BCUT2D eigenvalue weighted by Crippen LogP contribution is -2.52. The lowest BCUT2D eigenvalue weighted by atomic mass is 9.80. The van der Waals surface area contributed by atoms with Gasteiger partial charge in [-0.25, -0.2) is 0 Å². The number of amides is 11. The summed E-state index contributed by atoms with van der Waals surface area (Å²) in [5.41, 5.74) is 30.2. The van der Waals surface area contributed by atoms with Crippen LogP contribution in [0.4, 0.5) is 11.4 Å². The van der Waals surface area contributed by atoms with Crippen molar-refractivity contribution in [3.8, 4) is 0 Å². The molecule has 4 aromatic rings. The van der Waals surface area contributed by atoms with Crippen LogP contribution in [-0.2, 0) is 89.7 Å². The van der Waals surface area contributed by atoms with Crippen LogP contribution >= 0.6 is 0 Å². The van der Waals surface area contributed by atoms with Crippen LogP contribution in [0.15, 0.2) is 141 Å². The number of hydrogen-bond donors (Lipinski definition) is 7. The molecule has 8 fully saturated rings. The minimum absolute atomic E-state index is 0.00437. The highest BCUT2D eigenvalue weighted by Gasteiger charge is 2.43. The second-order valence-corrected chi connectivity index (χ2v) is 34.6. The first-order valence-corrected chi connectivity index (χ1v) is 46.5. The number of hydrogen-bond acceptors (Lipinski definition) is 29. The second-order valence-electron chi connectivity index (χ2n) is 34.6. The zero-order valence-corrected chi connectivity index (χ0v) is 78.1. The van der Waals surface area contributed by atoms with Gasteiger partial charge < -0.3 is 65.2 Å². The quantitative estimate of drug-likeness (QED) is 0.00408. The number of ketones is 3. The van der Waals surface area contributed by atoms with E-state index in [4.69, 9.17) is 21.7 Å². The molecule has 740 valence electrons. The van der Waals surface area contributed by atoms with Crippen molar-refractivity contribution in [3.63, 3.8) is 0 Å². The standard InChI is InChI=1S/C36H40N6O7.C23H28N8O5.C15H17NO2.C10H17N5O3.C6H13N5.C4H4O3/c43-30-19-24(23-5-2-1-3-6-23)20-31(44)26(30)21-37-13-14-40-15-17-41(18-16-40)34(47)12-11-32(45)38-28-8-4-7-25-27(28)22-42(36(25)49)29-9-10-33(46)39-35(29)48;24-28-25-8-9-29-10-12-30(13-11-29)21(34)7-6-19(32)26-17-3-1-2-15-16(17)14-31(23(15)36)18-4-5-20(33)27-22(18)35;1-16(2)10-13-14(17)8-12(9-15(13)18)11-6-4-3-5-7-11;11-13-12-3-4-14-5-7-15(8-6-14)9(16)1-2-10(17)18;7-10-9-3-6-11-4-1-8-2-5-11;5-3-1-2-4(6)7-3/h1-8,21,24,29,43H,9-20,22H2,(H,38,45)(H,39,46,48);1-3,18H,4-14H2,(H,26,32)(H,27,33,35);3-7,10,12H,8-9H2,1-2H3;1-8H2,(H,17,18);8H,1-6H2;1-2H2. The Morgan fingerprint density at radius 2 is 0.849 bits per heavy atom. The van der Waals surface area contributed by atoms with Crippen LogP contribution in [0.3, 0.4) is 0 Å². The summed E-state index contributed by atoms with van der Waals surface area (Å²) in [6.45, 7) is 16.9. The maximum absolute atomic E-state index is 13.1. The molecule has 45 nitrogen and oxygen atoms in total. The Bertz CT molecular complexity index is 5360. The molecule has 3 atom stereocenters. The van der Waals surface area contributed by atoms with E-state index in [2.05, 4.69) is 86.0 Å². The Kier molecular flexibility index (Phi) is 41.8. The van der Waals surface area contributed by atoms with Crippen LogP contribution in [0, 0.1) is 0 Å². The number of carbonyl (C=O) groups is 17. The van der Waals surface area contributed by atoms with Crippen molar-refractivity contribution in [1.29, 1.82) is 0 Å². The smallest absolute Gasteiger partial charge is 0.314 e. The number of nitrogens with zero attached hydrogens (tertiary/aromatic N) is 20. The number of piperidine rings is 2. The van der Waals surface area contributed by atoms with Gasteiger partial charge in [-0.15, -0.1) is 0 Å². The maximum Gasteiger partial charge on any atom is 0.314 e. The Hall–Kier alpha value is -14.4. The number of fused-ring (bicyclic) bond motifs is 2. The SMILES string of the molecule is CN(C)C=C1C(=O)CC(c2ccccc2)CC1=O.O=C1CCC(=O)O1.O=C1CCC(N2Cc3c(NC(=O)CCC(=O)N4CCN(CCN=CC5=C(O)CC(c6ccccc6)CC5=O)CC4)cccc3C2=O)C(=O)N1.[N-]=[N+]=NCCN1CCN(C(=O)CCC(=O)Nc2cccc3c2CN(C2CCC(=O)NC2=O)C3=O)CC1.[N-]=[N+]=NCCN1CCN(C(=O)CCC(=O)O)CC1.[N-]=[N+]=NCCN1CCNCC1. The maximum atomic E-state index is 13.1. The van der Waals surface area contributed by atoms with Gasteiger partial charge in [0.05, 0.1) is 37.0 Å². The first kappa shape index (κ1) is 107. The number of rotatable bonds is 29. The Balaban J connectivity index is 0.000000192. The lowest BCUT2D eigenvalue weighted by molar-refractivity contribution is -0.152. The van der Waals surface area contributed by atoms with E-state index in [1.807, 2.05) is 74.8 Å². The summed E-state index contributed by atoms with van der Waals surface area (Å²) in [6, 6.07) is 28.0. The van der Waals surface area contributed by atoms with Crippen LogP contribution in [-0.4, -0.2) is 349 Å². The van der Waals surface area contributed by atoms with E-state index in [0.29, 0.717) is 176 Å². The van der Waals surface area contributed by atoms with Crippen molar-refractivity contribution in [2.24, 2.45) is 20.3 Å². The number of aliphatic hydroxyl groups excluding tert-OH is 1. The number of benzene rings is 4. The first-order valence-electron chi connectivity index (χ1n) is 46.5. The number of cyclic esters (lactones) is 2. The molecule has 7 saturated heterocycles. The number of Topliss-reactive ketones (excluding diaryl/α,β-unsaturated/α-hetero) is 3. The highest BCUT2D eigenvalue weighted by molar-refractivity contribution is 6.22. The highest BCUT2D eigenvalue weighted by Crippen LogP contribution is 2.37. The Morgan fingerprint density at radius 1 is 0.468 bits per heavy atom. The van der Waals surface area contributed by atoms with Crippen LogP contribution < -0.4 is 26.6 Å². The van der Waals surface area contributed by atoms with E-state index in [-0.39, 0.29) is 184 Å². The van der Waals surface area contributed by atoms with Gasteiger partial charge in [0.1, 0.15) is 17.8 Å². The van der Waals surface area contributed by atoms with Gasteiger partial charge in [-0.3, -0.25) is 112 Å². The van der Waals surface area contributed by atoms with Gasteiger partial charge in [0.25, 0.3) is 11.8 Å². The molecule has 1 saturated carbocycles. The van der Waals surface area contributed by atoms with E-state index in [1.165, 1.54) is 16.0 Å². The van der Waals surface area contributed by atoms with Crippen LogP contribution in [0.2, 0.25) is 0 Å². The third-order valence-corrected chi connectivity index (χ3v) is 24.9. The van der Waals surface area contributed by atoms with Crippen molar-refractivity contribution in [2.75, 3.05) is 182 Å². The summed E-state index contributed by atoms with van der Waals surface area (Å²) < 4.78 is 4.08. The van der Waals surface area contributed by atoms with Crippen LogP contribution in [0.25, 0.3) is 31.3 Å². The van der Waals surface area contributed by atoms with Gasteiger partial charge in [-0.2, -0.15) is 0 Å². The van der Waals surface area contributed by atoms with Gasteiger partial charge >= 0.3 is 17.9 Å². The number of aliphatic hydroxyl groups is 1. The second kappa shape index (κ2) is 54.5. The summed E-state index contributed by atoms with van der Waals surface area (Å²) >= 11 is 0. The molecule has 9 heterocycles. The zero-order valence-electron chi connectivity index (χ0n) is 78.1. The number of imide groups is 2. The van der Waals surface area contributed by atoms with E-state index >= 15 is 0 Å². The molecular weight excluding hydrogens is 1800 g/mol. The van der Waals surface area contributed by atoms with Crippen LogP contribution in [0.1, 0.15) is 158 Å². The van der Waals surface area contributed by atoms with Crippen molar-refractivity contribution in [1.82, 2.24) is 64.9 Å². The Labute approximate surface area is 802 Å². The predicted molar refractivity (Wildman–Crippen MR) is 505 cm³/mol. The minimum atomic E-state index is -0.948. The number of carbonyl (C=O) groups excluding carboxylic acids is 16. The van der Waals surface area contributed by atoms with Crippen molar-refractivity contribution in [2.45, 2.75) is 140 Å². The molecule has 0 radical (unpaired) electrons. The molecule has 45 heteroatoms. The van der Waals surface area contributed by atoms with Gasteiger partial charge in [0, 0.05) is 309 Å². The Morgan fingerprint density at radius 3 is 1.22 bits per heavy atom. The largest absolute Gasteiger partial charge is 0.511 e. The normalized spacial score (nSPS) is 20.0. The highest BCUT2D eigenvalue weighted by atomic mass is 16.6. The van der Waals surface area contributed by atoms with E-state index < -0.39 is 41.8 Å². The van der Waals surface area contributed by atoms with E-state index in [9.17, 15) is 86.6 Å². The molecule has 7 N–H and O–H groups in total. The number of piperazine rings is 4. The number of aliphatic carboxylic acids is 1. The number of azide groups is 3. The third kappa shape index (κ3) is 32.9. The number of nitrogens with one attached hydrogen (secondary N) is 5. The molecule has 11 aliphatic rings. The third-order valence-electron chi connectivity index (χ3n) is 24.9. The van der Waals surface area contributed by atoms with Crippen molar-refractivity contribution in [3.05, 3.63) is 185 Å². The lowest BCUT2D eigenvalue weighted by Gasteiger charge is -2.34. The molecule has 0 bridgehead atoms. The summed E-state index contributed by atoms with van der Waals surface area (Å²) in [7, 11) is 3.63. The number of carboxylic acid groups (broad SMARTS) is 1. The van der Waals surface area contributed by atoms with Gasteiger partial charge in [-0.05, 0) is 76.7 Å². The predicted octanol–water partition coefficient (Wildman–Crippen LogP) is 5.47. The number of allylic oxidation sites excluding steroid dienone is 3. The molecule has 139 heavy (non-hydrogen) atoms. The van der Waals surface area contributed by atoms with E-state index in [1.54, 1.807) is 62.2 Å². The van der Waals surface area contributed by atoms with Gasteiger partial charge in [0.15, 0.2) is 17.3 Å². The number of esters is 2. The molecule has 3 unspecified atom stereocenters. The summed E-state index contributed by atoms with van der Waals surface area (Å²) in [6.07, 6.45) is 6.13. The average molecular weight is 1920 g/mol. The average Bonchev–Trinajstić information content (AvgIpc) is 1.62. The molecule has 0 aromatic heterocycles. The topological polar surface area (TPSA) is 591 Å². The molecule has 2 aliphatic carbocycles. The number of carboxylic acids is 1. The molecule has 0 spiro atoms. The summed E-state index contributed by atoms with van der Waals surface area (Å²) in [5, 5.41) is 43.0. The van der Waals surface area contributed by atoms with Crippen molar-refractivity contribution < 1.29 is 96.5 Å². The fourth-order valence-corrected chi connectivity index (χ4v) is 17.3. The first-order chi connectivity index (χ1) is 67.0. The molecule has 15 rings (SSSR count). The van der Waals surface area contributed by atoms with Gasteiger partial charge in [0.2, 0.25) is 53.2 Å². The number of aliphatic imine (C=N–C) groups is 1. The fourth-order valence-electron chi connectivity index (χ4n) is 17.3.